The lowest BCUT2D eigenvalue weighted by Gasteiger charge is -2.22. The Morgan fingerprint density at radius 2 is 2.08 bits per heavy atom. The molecule has 0 aliphatic carbocycles. The number of ether oxygens (including phenoxy) is 1. The Morgan fingerprint density at radius 1 is 1.33 bits per heavy atom. The summed E-state index contributed by atoms with van der Waals surface area (Å²) < 4.78 is 5.80. The van der Waals surface area contributed by atoms with E-state index in [-0.39, 0.29) is 0 Å². The van der Waals surface area contributed by atoms with E-state index in [0.29, 0.717) is 12.2 Å². The molecule has 0 bridgehead atoms. The average molecular weight is 171 g/mol. The van der Waals surface area contributed by atoms with Gasteiger partial charge in [-0.1, -0.05) is 0 Å². The summed E-state index contributed by atoms with van der Waals surface area (Å²) in [5.74, 6) is 0. The van der Waals surface area contributed by atoms with E-state index >= 15 is 0 Å². The Morgan fingerprint density at radius 3 is 2.75 bits per heavy atom. The van der Waals surface area contributed by atoms with Crippen molar-refractivity contribution in [1.82, 2.24) is 4.90 Å². The molecule has 1 aliphatic rings. The van der Waals surface area contributed by atoms with Crippen molar-refractivity contribution in [1.29, 1.82) is 0 Å². The van der Waals surface area contributed by atoms with E-state index in [9.17, 15) is 0 Å². The van der Waals surface area contributed by atoms with Crippen molar-refractivity contribution in [2.24, 2.45) is 0 Å². The van der Waals surface area contributed by atoms with Crippen LogP contribution >= 0.6 is 0 Å². The van der Waals surface area contributed by atoms with Gasteiger partial charge in [-0.05, 0) is 46.7 Å². The largest absolute Gasteiger partial charge is 0.374 e. The fourth-order valence-corrected chi connectivity index (χ4v) is 1.78. The highest BCUT2D eigenvalue weighted by Crippen LogP contribution is 2.13. The van der Waals surface area contributed by atoms with E-state index in [4.69, 9.17) is 4.74 Å². The van der Waals surface area contributed by atoms with Gasteiger partial charge in [0.15, 0.2) is 0 Å². The molecule has 1 rings (SSSR count). The quantitative estimate of drug-likeness (QED) is 0.629. The summed E-state index contributed by atoms with van der Waals surface area (Å²) in [6.45, 7) is 6.58. The molecular formula is C10H21NO. The molecular weight excluding hydrogens is 150 g/mol. The van der Waals surface area contributed by atoms with Crippen molar-refractivity contribution in [3.63, 3.8) is 0 Å². The molecule has 72 valence electrons. The van der Waals surface area contributed by atoms with Crippen molar-refractivity contribution in [2.45, 2.75) is 45.3 Å². The second kappa shape index (κ2) is 4.83. The molecule has 2 nitrogen and oxygen atoms in total. The van der Waals surface area contributed by atoms with Crippen LogP contribution in [0.15, 0.2) is 0 Å². The fourth-order valence-electron chi connectivity index (χ4n) is 1.78. The predicted molar refractivity (Wildman–Crippen MR) is 51.4 cm³/mol. The van der Waals surface area contributed by atoms with E-state index in [2.05, 4.69) is 25.8 Å². The van der Waals surface area contributed by atoms with Gasteiger partial charge in [0, 0.05) is 6.54 Å². The molecule has 1 saturated heterocycles. The Labute approximate surface area is 75.9 Å². The zero-order chi connectivity index (χ0) is 8.97. The normalized spacial score (nSPS) is 27.5. The van der Waals surface area contributed by atoms with E-state index < -0.39 is 0 Å². The minimum atomic E-state index is 0.376. The molecule has 1 fully saturated rings. The minimum absolute atomic E-state index is 0.376. The summed E-state index contributed by atoms with van der Waals surface area (Å²) >= 11 is 0. The Bertz CT molecular complexity index is 125. The molecule has 0 amide bonds. The fraction of sp³-hybridized carbons (Fsp3) is 1.00. The van der Waals surface area contributed by atoms with Crippen LogP contribution in [-0.2, 0) is 4.74 Å². The molecule has 0 aromatic heterocycles. The van der Waals surface area contributed by atoms with Gasteiger partial charge in [-0.25, -0.2) is 0 Å². The second-order valence-electron chi connectivity index (χ2n) is 4.06. The van der Waals surface area contributed by atoms with E-state index in [0.717, 1.165) is 6.54 Å². The van der Waals surface area contributed by atoms with Crippen LogP contribution in [0.25, 0.3) is 0 Å². The monoisotopic (exact) mass is 171 g/mol. The minimum Gasteiger partial charge on any atom is -0.374 e. The summed E-state index contributed by atoms with van der Waals surface area (Å²) in [6, 6.07) is 0. The van der Waals surface area contributed by atoms with Gasteiger partial charge in [0.05, 0.1) is 12.2 Å². The lowest BCUT2D eigenvalue weighted by atomic mass is 10.2. The van der Waals surface area contributed by atoms with Crippen molar-refractivity contribution in [3.05, 3.63) is 0 Å². The Balaban J connectivity index is 2.31. The first-order valence-corrected chi connectivity index (χ1v) is 5.02. The van der Waals surface area contributed by atoms with Crippen LogP contribution in [0.3, 0.4) is 0 Å². The van der Waals surface area contributed by atoms with Crippen LogP contribution in [0.2, 0.25) is 0 Å². The van der Waals surface area contributed by atoms with Crippen molar-refractivity contribution in [3.8, 4) is 0 Å². The lowest BCUT2D eigenvalue weighted by Crippen LogP contribution is -2.30. The number of hydrogen-bond acceptors (Lipinski definition) is 2. The maximum atomic E-state index is 5.80. The molecule has 0 aromatic rings. The Kier molecular flexibility index (Phi) is 4.02. The van der Waals surface area contributed by atoms with Gasteiger partial charge < -0.3 is 9.64 Å². The second-order valence-corrected chi connectivity index (χ2v) is 4.06. The van der Waals surface area contributed by atoms with Crippen LogP contribution in [0.5, 0.6) is 0 Å². The van der Waals surface area contributed by atoms with Crippen LogP contribution in [0, 0.1) is 0 Å². The van der Waals surface area contributed by atoms with Crippen molar-refractivity contribution >= 4 is 0 Å². The highest BCUT2D eigenvalue weighted by molar-refractivity contribution is 4.69. The third-order valence-electron chi connectivity index (χ3n) is 2.30. The third-order valence-corrected chi connectivity index (χ3v) is 2.30. The first-order chi connectivity index (χ1) is 5.68. The number of likely N-dealkylation sites (tertiary alicyclic amines) is 1. The summed E-state index contributed by atoms with van der Waals surface area (Å²) in [5.41, 5.74) is 0. The van der Waals surface area contributed by atoms with Crippen LogP contribution in [0.1, 0.15) is 33.1 Å². The third kappa shape index (κ3) is 3.55. The van der Waals surface area contributed by atoms with Gasteiger partial charge in [-0.15, -0.1) is 0 Å². The molecule has 0 spiro atoms. The van der Waals surface area contributed by atoms with Gasteiger partial charge in [0.2, 0.25) is 0 Å². The van der Waals surface area contributed by atoms with E-state index in [1.807, 2.05) is 0 Å². The summed E-state index contributed by atoms with van der Waals surface area (Å²) in [7, 11) is 2.18. The number of likely N-dealkylation sites (N-methyl/N-ethyl adjacent to an activating group) is 1. The van der Waals surface area contributed by atoms with Crippen LogP contribution < -0.4 is 0 Å². The average Bonchev–Trinajstić information content (AvgIpc) is 2.12. The summed E-state index contributed by atoms with van der Waals surface area (Å²) in [6.07, 6.45) is 4.73. The Hall–Kier alpha value is -0.0800. The topological polar surface area (TPSA) is 12.5 Å². The molecule has 2 heteroatoms. The molecule has 1 atom stereocenters. The maximum Gasteiger partial charge on any atom is 0.0705 e. The molecule has 1 unspecified atom stereocenters. The van der Waals surface area contributed by atoms with Crippen molar-refractivity contribution < 1.29 is 4.74 Å². The molecule has 0 saturated carbocycles. The first-order valence-electron chi connectivity index (χ1n) is 5.02. The first kappa shape index (κ1) is 10.0. The van der Waals surface area contributed by atoms with Gasteiger partial charge in [0.25, 0.3) is 0 Å². The standard InChI is InChI=1S/C10H21NO/c1-9(2)12-10-6-4-5-7-11(3)8-10/h9-10H,4-8H2,1-3H3. The van der Waals surface area contributed by atoms with Crippen molar-refractivity contribution in [2.75, 3.05) is 20.1 Å². The molecule has 1 aliphatic heterocycles. The molecule has 0 radical (unpaired) electrons. The molecule has 12 heavy (non-hydrogen) atoms. The summed E-state index contributed by atoms with van der Waals surface area (Å²) in [4.78, 5) is 2.38. The van der Waals surface area contributed by atoms with Crippen LogP contribution in [0.4, 0.5) is 0 Å². The lowest BCUT2D eigenvalue weighted by molar-refractivity contribution is -0.00667. The van der Waals surface area contributed by atoms with E-state index in [1.54, 1.807) is 0 Å². The highest BCUT2D eigenvalue weighted by atomic mass is 16.5. The maximum absolute atomic E-state index is 5.80. The molecule has 0 aromatic carbocycles. The SMILES string of the molecule is CC(C)OC1CCCCN(C)C1. The van der Waals surface area contributed by atoms with Gasteiger partial charge >= 0.3 is 0 Å². The van der Waals surface area contributed by atoms with Gasteiger partial charge in [-0.2, -0.15) is 0 Å². The number of rotatable bonds is 2. The van der Waals surface area contributed by atoms with Gasteiger partial charge in [0.1, 0.15) is 0 Å². The summed E-state index contributed by atoms with van der Waals surface area (Å²) in [5, 5.41) is 0. The number of nitrogens with zero attached hydrogens (tertiary/aromatic N) is 1. The predicted octanol–water partition coefficient (Wildman–Crippen LogP) is 1.90. The van der Waals surface area contributed by atoms with Gasteiger partial charge in [-0.3, -0.25) is 0 Å². The smallest absolute Gasteiger partial charge is 0.0705 e. The molecule has 1 heterocycles. The van der Waals surface area contributed by atoms with E-state index in [1.165, 1.54) is 25.8 Å². The zero-order valence-electron chi connectivity index (χ0n) is 8.55. The zero-order valence-corrected chi connectivity index (χ0v) is 8.55. The molecule has 0 N–H and O–H groups in total. The van der Waals surface area contributed by atoms with Crippen LogP contribution in [-0.4, -0.2) is 37.2 Å². The highest BCUT2D eigenvalue weighted by Gasteiger charge is 2.16. The number of hydrogen-bond donors (Lipinski definition) is 0.